The van der Waals surface area contributed by atoms with Crippen LogP contribution in [0.5, 0.6) is 0 Å². The lowest BCUT2D eigenvalue weighted by Crippen LogP contribution is -2.42. The van der Waals surface area contributed by atoms with Gasteiger partial charge in [0.1, 0.15) is 0 Å². The number of amides is 1. The highest BCUT2D eigenvalue weighted by Crippen LogP contribution is 2.39. The van der Waals surface area contributed by atoms with E-state index < -0.39 is 11.7 Å². The Labute approximate surface area is 141 Å². The normalized spacial score (nSPS) is 17.3. The lowest BCUT2D eigenvalue weighted by atomic mass is 9.71. The number of benzene rings is 1. The summed E-state index contributed by atoms with van der Waals surface area (Å²) in [5, 5.41) is 2.96. The number of alkyl halides is 3. The van der Waals surface area contributed by atoms with E-state index in [-0.39, 0.29) is 11.3 Å². The van der Waals surface area contributed by atoms with Crippen molar-refractivity contribution in [3.63, 3.8) is 0 Å². The maximum Gasteiger partial charge on any atom is 0.416 e. The molecule has 132 valence electrons. The molecule has 1 amide bonds. The van der Waals surface area contributed by atoms with Crippen LogP contribution in [0.2, 0.25) is 0 Å². The fraction of sp³-hybridized carbons (Fsp3) is 0.526. The molecule has 0 bridgehead atoms. The largest absolute Gasteiger partial charge is 0.416 e. The van der Waals surface area contributed by atoms with Gasteiger partial charge < -0.3 is 5.32 Å². The Morgan fingerprint density at radius 2 is 1.79 bits per heavy atom. The minimum absolute atomic E-state index is 0.0500. The zero-order chi connectivity index (χ0) is 17.6. The van der Waals surface area contributed by atoms with E-state index in [9.17, 15) is 18.0 Å². The molecule has 1 aliphatic carbocycles. The van der Waals surface area contributed by atoms with Crippen LogP contribution in [-0.4, -0.2) is 12.5 Å². The number of allylic oxidation sites excluding steroid dienone is 1. The highest BCUT2D eigenvalue weighted by molar-refractivity contribution is 5.82. The topological polar surface area (TPSA) is 29.1 Å². The molecule has 1 fully saturated rings. The molecule has 1 aliphatic rings. The van der Waals surface area contributed by atoms with Gasteiger partial charge >= 0.3 is 6.18 Å². The van der Waals surface area contributed by atoms with Crippen molar-refractivity contribution in [3.05, 3.63) is 48.0 Å². The molecule has 0 radical (unpaired) electrons. The van der Waals surface area contributed by atoms with Crippen LogP contribution < -0.4 is 5.32 Å². The Morgan fingerprint density at radius 1 is 1.17 bits per heavy atom. The maximum absolute atomic E-state index is 12.6. The highest BCUT2D eigenvalue weighted by Gasteiger charge is 2.37. The van der Waals surface area contributed by atoms with Gasteiger partial charge in [0.05, 0.1) is 11.0 Å². The van der Waals surface area contributed by atoms with Crippen molar-refractivity contribution in [3.8, 4) is 0 Å². The number of hydrogen-bond acceptors (Lipinski definition) is 1. The molecule has 24 heavy (non-hydrogen) atoms. The van der Waals surface area contributed by atoms with Crippen molar-refractivity contribution in [2.24, 2.45) is 5.41 Å². The standard InChI is InChI=1S/C19H24F3NO/c1-2-11-18(12-4-3-5-13-18)17(24)23-14-10-15-6-8-16(9-7-15)19(20,21)22/h2,6-9H,1,3-5,10-14H2,(H,23,24). The van der Waals surface area contributed by atoms with E-state index in [0.717, 1.165) is 49.8 Å². The molecule has 2 nitrogen and oxygen atoms in total. The van der Waals surface area contributed by atoms with Crippen molar-refractivity contribution >= 4 is 5.91 Å². The fourth-order valence-electron chi connectivity index (χ4n) is 3.40. The molecule has 0 spiro atoms. The third-order valence-electron chi connectivity index (χ3n) is 4.81. The molecule has 5 heteroatoms. The zero-order valence-corrected chi connectivity index (χ0v) is 13.8. The van der Waals surface area contributed by atoms with Gasteiger partial charge in [-0.15, -0.1) is 6.58 Å². The first kappa shape index (κ1) is 18.6. The second-order valence-electron chi connectivity index (χ2n) is 6.53. The Morgan fingerprint density at radius 3 is 2.33 bits per heavy atom. The second kappa shape index (κ2) is 7.86. The molecule has 1 aromatic carbocycles. The summed E-state index contributed by atoms with van der Waals surface area (Å²) in [5.74, 6) is 0.0500. The lowest BCUT2D eigenvalue weighted by molar-refractivity contribution is -0.137. The van der Waals surface area contributed by atoms with E-state index in [1.54, 1.807) is 6.08 Å². The van der Waals surface area contributed by atoms with E-state index in [4.69, 9.17) is 0 Å². The Hall–Kier alpha value is -1.78. The number of carbonyl (C=O) groups is 1. The van der Waals surface area contributed by atoms with Gasteiger partial charge in [-0.1, -0.05) is 37.5 Å². The predicted molar refractivity (Wildman–Crippen MR) is 88.5 cm³/mol. The first-order valence-electron chi connectivity index (χ1n) is 8.43. The average molecular weight is 339 g/mol. The molecule has 1 aromatic rings. The third kappa shape index (κ3) is 4.62. The number of nitrogens with one attached hydrogen (secondary N) is 1. The monoisotopic (exact) mass is 339 g/mol. The minimum Gasteiger partial charge on any atom is -0.355 e. The van der Waals surface area contributed by atoms with E-state index in [1.807, 2.05) is 0 Å². The van der Waals surface area contributed by atoms with Gasteiger partial charge in [0.2, 0.25) is 5.91 Å². The summed E-state index contributed by atoms with van der Waals surface area (Å²) < 4.78 is 37.6. The summed E-state index contributed by atoms with van der Waals surface area (Å²) in [5.41, 5.74) is -0.215. The molecule has 0 aliphatic heterocycles. The third-order valence-corrected chi connectivity index (χ3v) is 4.81. The van der Waals surface area contributed by atoms with Crippen molar-refractivity contribution in [1.82, 2.24) is 5.32 Å². The smallest absolute Gasteiger partial charge is 0.355 e. The van der Waals surface area contributed by atoms with Gasteiger partial charge in [0.25, 0.3) is 0 Å². The fourth-order valence-corrected chi connectivity index (χ4v) is 3.40. The number of halogens is 3. The predicted octanol–water partition coefficient (Wildman–Crippen LogP) is 4.89. The molecule has 0 heterocycles. The molecule has 0 atom stereocenters. The van der Waals surface area contributed by atoms with E-state index in [0.29, 0.717) is 19.4 Å². The van der Waals surface area contributed by atoms with Crippen LogP contribution in [0.4, 0.5) is 13.2 Å². The molecule has 2 rings (SSSR count). The Bertz CT molecular complexity index is 557. The van der Waals surface area contributed by atoms with Gasteiger partial charge in [-0.25, -0.2) is 0 Å². The van der Waals surface area contributed by atoms with Crippen LogP contribution in [0, 0.1) is 5.41 Å². The maximum atomic E-state index is 12.6. The molecule has 0 unspecified atom stereocenters. The Balaban J connectivity index is 1.88. The van der Waals surface area contributed by atoms with Gasteiger partial charge in [-0.3, -0.25) is 4.79 Å². The summed E-state index contributed by atoms with van der Waals surface area (Å²) in [6.07, 6.45) is 3.73. The molecule has 0 saturated heterocycles. The summed E-state index contributed by atoms with van der Waals surface area (Å²) in [6, 6.07) is 5.10. The number of rotatable bonds is 6. The van der Waals surface area contributed by atoms with Crippen molar-refractivity contribution in [1.29, 1.82) is 0 Å². The van der Waals surface area contributed by atoms with E-state index in [1.165, 1.54) is 12.1 Å². The van der Waals surface area contributed by atoms with Crippen molar-refractivity contribution in [2.45, 2.75) is 51.1 Å². The van der Waals surface area contributed by atoms with Crippen LogP contribution >= 0.6 is 0 Å². The van der Waals surface area contributed by atoms with Crippen LogP contribution in [0.3, 0.4) is 0 Å². The summed E-state index contributed by atoms with van der Waals surface area (Å²) in [4.78, 5) is 12.6. The molecular weight excluding hydrogens is 315 g/mol. The number of hydrogen-bond donors (Lipinski definition) is 1. The molecule has 1 saturated carbocycles. The molecule has 1 N–H and O–H groups in total. The van der Waals surface area contributed by atoms with Gasteiger partial charge in [-0.2, -0.15) is 13.2 Å². The molecular formula is C19H24F3NO. The minimum atomic E-state index is -4.31. The first-order chi connectivity index (χ1) is 11.4. The van der Waals surface area contributed by atoms with Crippen LogP contribution in [0.15, 0.2) is 36.9 Å². The van der Waals surface area contributed by atoms with Crippen LogP contribution in [0.25, 0.3) is 0 Å². The Kier molecular flexibility index (Phi) is 6.08. The quantitative estimate of drug-likeness (QED) is 0.735. The summed E-state index contributed by atoms with van der Waals surface area (Å²) in [7, 11) is 0. The van der Waals surface area contributed by atoms with Gasteiger partial charge in [0.15, 0.2) is 0 Å². The van der Waals surface area contributed by atoms with Crippen molar-refractivity contribution < 1.29 is 18.0 Å². The van der Waals surface area contributed by atoms with Crippen molar-refractivity contribution in [2.75, 3.05) is 6.54 Å². The average Bonchev–Trinajstić information content (AvgIpc) is 2.55. The SMILES string of the molecule is C=CCC1(C(=O)NCCc2ccc(C(F)(F)F)cc2)CCCCC1. The van der Waals surface area contributed by atoms with E-state index in [2.05, 4.69) is 11.9 Å². The highest BCUT2D eigenvalue weighted by atomic mass is 19.4. The number of carbonyl (C=O) groups excluding carboxylic acids is 1. The van der Waals surface area contributed by atoms with Crippen LogP contribution in [0.1, 0.15) is 49.7 Å². The van der Waals surface area contributed by atoms with E-state index >= 15 is 0 Å². The first-order valence-corrected chi connectivity index (χ1v) is 8.43. The summed E-state index contributed by atoms with van der Waals surface area (Å²) in [6.45, 7) is 4.20. The second-order valence-corrected chi connectivity index (χ2v) is 6.53. The van der Waals surface area contributed by atoms with Gasteiger partial charge in [0, 0.05) is 6.54 Å². The summed E-state index contributed by atoms with van der Waals surface area (Å²) >= 11 is 0. The zero-order valence-electron chi connectivity index (χ0n) is 13.8. The lowest BCUT2D eigenvalue weighted by Gasteiger charge is -2.35. The molecule has 0 aromatic heterocycles. The van der Waals surface area contributed by atoms with Crippen LogP contribution in [-0.2, 0) is 17.4 Å². The van der Waals surface area contributed by atoms with Gasteiger partial charge in [-0.05, 0) is 43.4 Å².